The highest BCUT2D eigenvalue weighted by molar-refractivity contribution is 6.01. The minimum atomic E-state index is -0.758. The highest BCUT2D eigenvalue weighted by Crippen LogP contribution is 2.25. The Hall–Kier alpha value is -3.30. The number of nitrogens with one attached hydrogen (secondary N) is 2. The number of carbonyl (C=O) groups is 2. The number of nitro benzene ring substituents is 1. The van der Waals surface area contributed by atoms with Crippen LogP contribution in [0.3, 0.4) is 0 Å². The lowest BCUT2D eigenvalue weighted by molar-refractivity contribution is -0.384. The molecule has 0 fully saturated rings. The van der Waals surface area contributed by atoms with E-state index >= 15 is 0 Å². The number of aryl methyl sites for hydroxylation is 1. The Morgan fingerprint density at radius 3 is 3.00 bits per heavy atom. The van der Waals surface area contributed by atoms with E-state index in [0.29, 0.717) is 17.2 Å². The van der Waals surface area contributed by atoms with Crippen LogP contribution in [0.15, 0.2) is 24.5 Å². The monoisotopic (exact) mass is 316 g/mol. The molecule has 1 aromatic carbocycles. The number of non-ortho nitro benzene ring substituents is 1. The van der Waals surface area contributed by atoms with Crippen molar-refractivity contribution in [3.63, 3.8) is 0 Å². The molecule has 2 heterocycles. The van der Waals surface area contributed by atoms with Crippen molar-refractivity contribution in [1.82, 2.24) is 14.8 Å². The Bertz CT molecular complexity index is 815. The molecule has 0 bridgehead atoms. The fourth-order valence-corrected chi connectivity index (χ4v) is 2.33. The molecule has 1 atom stereocenters. The highest BCUT2D eigenvalue weighted by Gasteiger charge is 2.33. The van der Waals surface area contributed by atoms with Gasteiger partial charge in [0.25, 0.3) is 11.6 Å². The van der Waals surface area contributed by atoms with Crippen molar-refractivity contribution in [3.05, 3.63) is 40.2 Å². The van der Waals surface area contributed by atoms with E-state index in [1.807, 2.05) is 0 Å². The maximum absolute atomic E-state index is 12.1. The maximum atomic E-state index is 12.1. The molecule has 10 nitrogen and oxygen atoms in total. The summed E-state index contributed by atoms with van der Waals surface area (Å²) in [6.45, 7) is 1.65. The number of carbonyl (C=O) groups excluding carboxylic acids is 2. The summed E-state index contributed by atoms with van der Waals surface area (Å²) in [5, 5.41) is 19.8. The molecule has 0 saturated heterocycles. The van der Waals surface area contributed by atoms with Gasteiger partial charge in [-0.1, -0.05) is 0 Å². The van der Waals surface area contributed by atoms with Crippen molar-refractivity contribution in [1.29, 1.82) is 0 Å². The predicted octanol–water partition coefficient (Wildman–Crippen LogP) is 1.02. The smallest absolute Gasteiger partial charge is 0.269 e. The molecule has 118 valence electrons. The summed E-state index contributed by atoms with van der Waals surface area (Å²) in [4.78, 5) is 38.0. The van der Waals surface area contributed by atoms with Gasteiger partial charge in [0, 0.05) is 17.8 Å². The van der Waals surface area contributed by atoms with E-state index in [2.05, 4.69) is 20.7 Å². The average molecular weight is 316 g/mol. The second-order valence-electron chi connectivity index (χ2n) is 5.04. The number of nitrogens with zero attached hydrogens (tertiary/aromatic N) is 4. The maximum Gasteiger partial charge on any atom is 0.269 e. The van der Waals surface area contributed by atoms with Crippen LogP contribution < -0.4 is 10.6 Å². The largest absolute Gasteiger partial charge is 0.326 e. The van der Waals surface area contributed by atoms with Crippen LogP contribution in [0.25, 0.3) is 0 Å². The third-order valence-corrected chi connectivity index (χ3v) is 3.48. The molecule has 2 amide bonds. The van der Waals surface area contributed by atoms with Crippen molar-refractivity contribution >= 4 is 29.1 Å². The van der Waals surface area contributed by atoms with E-state index in [4.69, 9.17) is 0 Å². The lowest BCUT2D eigenvalue weighted by Crippen LogP contribution is -2.23. The molecule has 10 heteroatoms. The lowest BCUT2D eigenvalue weighted by atomic mass is 10.1. The van der Waals surface area contributed by atoms with Gasteiger partial charge in [-0.15, -0.1) is 0 Å². The molecule has 1 aliphatic heterocycles. The van der Waals surface area contributed by atoms with Crippen molar-refractivity contribution in [2.75, 3.05) is 10.6 Å². The minimum Gasteiger partial charge on any atom is -0.326 e. The van der Waals surface area contributed by atoms with Crippen LogP contribution in [0.4, 0.5) is 17.3 Å². The van der Waals surface area contributed by atoms with Gasteiger partial charge < -0.3 is 5.32 Å². The van der Waals surface area contributed by atoms with Crippen LogP contribution in [-0.2, 0) is 9.59 Å². The molecule has 0 aliphatic carbocycles. The van der Waals surface area contributed by atoms with Crippen LogP contribution in [0.1, 0.15) is 18.0 Å². The molecule has 0 radical (unpaired) electrons. The van der Waals surface area contributed by atoms with Gasteiger partial charge in [0.15, 0.2) is 0 Å². The topological polar surface area (TPSA) is 132 Å². The average Bonchev–Trinajstić information content (AvgIpc) is 3.04. The summed E-state index contributed by atoms with van der Waals surface area (Å²) in [5.74, 6) is -0.444. The van der Waals surface area contributed by atoms with Gasteiger partial charge in [-0.2, -0.15) is 10.1 Å². The normalized spacial score (nSPS) is 15.9. The molecule has 0 unspecified atom stereocenters. The van der Waals surface area contributed by atoms with Crippen LogP contribution in [0.2, 0.25) is 0 Å². The molecule has 23 heavy (non-hydrogen) atoms. The summed E-state index contributed by atoms with van der Waals surface area (Å²) in [6.07, 6.45) is 1.18. The number of benzene rings is 1. The minimum absolute atomic E-state index is 0.0528. The standard InChI is InChI=1S/C13H12N6O4/c1-7-4-8(19(22)23)2-3-9(7)16-11(20)5-10-12(21)17-13-14-6-15-18(10)13/h2-4,6,10H,5H2,1H3,(H,16,20)(H,14,15,17,21)/t10-/m0/s1. The van der Waals surface area contributed by atoms with Gasteiger partial charge in [0.2, 0.25) is 11.9 Å². The van der Waals surface area contributed by atoms with Crippen LogP contribution in [0, 0.1) is 17.0 Å². The third-order valence-electron chi connectivity index (χ3n) is 3.48. The summed E-state index contributed by atoms with van der Waals surface area (Å²) in [7, 11) is 0. The van der Waals surface area contributed by atoms with Gasteiger partial charge in [-0.3, -0.25) is 25.0 Å². The number of hydrogen-bond donors (Lipinski definition) is 2. The Labute approximate surface area is 129 Å². The van der Waals surface area contributed by atoms with E-state index < -0.39 is 16.9 Å². The second kappa shape index (κ2) is 5.48. The molecule has 1 aliphatic rings. The van der Waals surface area contributed by atoms with E-state index in [1.54, 1.807) is 6.92 Å². The number of nitro groups is 1. The SMILES string of the molecule is Cc1cc([N+](=O)[O-])ccc1NC(=O)C[C@H]1C(=O)Nc2ncnn21. The Morgan fingerprint density at radius 2 is 2.30 bits per heavy atom. The first-order chi connectivity index (χ1) is 11.0. The first-order valence-corrected chi connectivity index (χ1v) is 6.71. The molecular formula is C13H12N6O4. The van der Waals surface area contributed by atoms with Gasteiger partial charge in [0.1, 0.15) is 12.4 Å². The zero-order valence-electron chi connectivity index (χ0n) is 12.0. The quantitative estimate of drug-likeness (QED) is 0.639. The highest BCUT2D eigenvalue weighted by atomic mass is 16.6. The Morgan fingerprint density at radius 1 is 1.52 bits per heavy atom. The van der Waals surface area contributed by atoms with Gasteiger partial charge in [-0.25, -0.2) is 4.68 Å². The Kier molecular flexibility index (Phi) is 3.48. The van der Waals surface area contributed by atoms with Crippen LogP contribution >= 0.6 is 0 Å². The van der Waals surface area contributed by atoms with Crippen molar-refractivity contribution in [2.45, 2.75) is 19.4 Å². The molecule has 0 spiro atoms. The fourth-order valence-electron chi connectivity index (χ4n) is 2.33. The number of aromatic nitrogens is 3. The van der Waals surface area contributed by atoms with E-state index in [1.165, 1.54) is 29.2 Å². The number of rotatable bonds is 4. The first kappa shape index (κ1) is 14.6. The van der Waals surface area contributed by atoms with Gasteiger partial charge in [0.05, 0.1) is 11.3 Å². The van der Waals surface area contributed by atoms with Crippen LogP contribution in [-0.4, -0.2) is 31.5 Å². The molecule has 0 saturated carbocycles. The summed E-state index contributed by atoms with van der Waals surface area (Å²) >= 11 is 0. The van der Waals surface area contributed by atoms with Gasteiger partial charge >= 0.3 is 0 Å². The van der Waals surface area contributed by atoms with Crippen molar-refractivity contribution in [3.8, 4) is 0 Å². The summed E-state index contributed by atoms with van der Waals surface area (Å²) < 4.78 is 1.35. The summed E-state index contributed by atoms with van der Waals surface area (Å²) in [5.41, 5.74) is 0.964. The van der Waals surface area contributed by atoms with E-state index in [-0.39, 0.29) is 18.0 Å². The molecule has 1 aromatic heterocycles. The van der Waals surface area contributed by atoms with Gasteiger partial charge in [-0.05, 0) is 18.6 Å². The van der Waals surface area contributed by atoms with Crippen molar-refractivity contribution < 1.29 is 14.5 Å². The van der Waals surface area contributed by atoms with E-state index in [9.17, 15) is 19.7 Å². The number of hydrogen-bond acceptors (Lipinski definition) is 6. The third kappa shape index (κ3) is 2.73. The Balaban J connectivity index is 1.71. The van der Waals surface area contributed by atoms with Crippen molar-refractivity contribution in [2.24, 2.45) is 0 Å². The molecule has 3 rings (SSSR count). The fraction of sp³-hybridized carbons (Fsp3) is 0.231. The number of anilines is 2. The zero-order valence-corrected chi connectivity index (χ0v) is 12.0. The lowest BCUT2D eigenvalue weighted by Gasteiger charge is -2.11. The second-order valence-corrected chi connectivity index (χ2v) is 5.04. The molecule has 2 aromatic rings. The summed E-state index contributed by atoms with van der Waals surface area (Å²) in [6, 6.07) is 3.38. The molecular weight excluding hydrogens is 304 g/mol. The zero-order chi connectivity index (χ0) is 16.6. The van der Waals surface area contributed by atoms with E-state index in [0.717, 1.165) is 0 Å². The first-order valence-electron chi connectivity index (χ1n) is 6.71. The van der Waals surface area contributed by atoms with Crippen LogP contribution in [0.5, 0.6) is 0 Å². The number of amides is 2. The number of fused-ring (bicyclic) bond motifs is 1. The predicted molar refractivity (Wildman–Crippen MR) is 78.8 cm³/mol. The molecule has 2 N–H and O–H groups in total.